The Hall–Kier alpha value is -2.63. The van der Waals surface area contributed by atoms with Crippen molar-refractivity contribution in [3.05, 3.63) is 48.6 Å². The summed E-state index contributed by atoms with van der Waals surface area (Å²) in [5.41, 5.74) is 0. The van der Waals surface area contributed by atoms with E-state index >= 15 is 0 Å². The van der Waals surface area contributed by atoms with Gasteiger partial charge in [-0.2, -0.15) is 0 Å². The van der Waals surface area contributed by atoms with Crippen LogP contribution >= 0.6 is 0 Å². The molecule has 0 saturated heterocycles. The van der Waals surface area contributed by atoms with Gasteiger partial charge in [0.15, 0.2) is 6.10 Å². The van der Waals surface area contributed by atoms with Crippen LogP contribution in [0.15, 0.2) is 48.6 Å². The number of hydrogen-bond donors (Lipinski definition) is 0. The Kier molecular flexibility index (Phi) is 47.9. The number of ether oxygens (including phenoxy) is 3. The molecule has 6 heteroatoms. The third-order valence-electron chi connectivity index (χ3n) is 11.3. The molecule has 6 nitrogen and oxygen atoms in total. The molecule has 0 aromatic carbocycles. The maximum atomic E-state index is 12.8. The van der Waals surface area contributed by atoms with Crippen molar-refractivity contribution in [2.75, 3.05) is 13.2 Å². The lowest BCUT2D eigenvalue weighted by Crippen LogP contribution is -2.30. The number of carbonyl (C=O) groups excluding carboxylic acids is 3. The van der Waals surface area contributed by atoms with Crippen molar-refractivity contribution in [3.8, 4) is 0 Å². The number of unbranched alkanes of at least 4 members (excludes halogenated alkanes) is 28. The topological polar surface area (TPSA) is 78.9 Å². The molecule has 0 heterocycles. The standard InChI is InChI=1S/C55H98O6/c1-4-7-10-13-16-19-22-25-26-27-28-31-33-36-39-42-45-48-54(57)60-51-52(61-55(58)49-46-43-40-37-34-30-24-21-18-15-12-9-6-3)50-59-53(56)47-44-41-38-35-32-29-23-20-17-14-11-8-5-2/h16,19,21,24-26,28,31,52H,4-15,17-18,20,22-23,27,29-30,32-51H2,1-3H3/b19-16+,24-21+,26-25+,31-28+/t52-/m1/s1. The van der Waals surface area contributed by atoms with Crippen LogP contribution in [0, 0.1) is 0 Å². The summed E-state index contributed by atoms with van der Waals surface area (Å²) in [6, 6.07) is 0. The van der Waals surface area contributed by atoms with Gasteiger partial charge in [-0.15, -0.1) is 0 Å². The number of esters is 3. The molecule has 0 spiro atoms. The summed E-state index contributed by atoms with van der Waals surface area (Å²) >= 11 is 0. The normalized spacial score (nSPS) is 12.4. The van der Waals surface area contributed by atoms with Crippen LogP contribution in [0.1, 0.15) is 265 Å². The SMILES string of the molecule is CCCCC/C=C/C/C=C/C/C=C/CCCCCCC(=O)OC[C@@H](COC(=O)CCCCCCCCCCCCCCC)OC(=O)CCCCCCC/C=C/CCCCCC. The molecule has 354 valence electrons. The number of allylic oxidation sites excluding steroid dienone is 8. The molecular weight excluding hydrogens is 757 g/mol. The van der Waals surface area contributed by atoms with E-state index in [4.69, 9.17) is 14.2 Å². The highest BCUT2D eigenvalue weighted by molar-refractivity contribution is 5.71. The first-order valence-electron chi connectivity index (χ1n) is 26.1. The Morgan fingerprint density at radius 1 is 0.328 bits per heavy atom. The second-order valence-corrected chi connectivity index (χ2v) is 17.4. The van der Waals surface area contributed by atoms with Gasteiger partial charge in [0.1, 0.15) is 13.2 Å². The zero-order valence-electron chi connectivity index (χ0n) is 40.4. The van der Waals surface area contributed by atoms with Crippen LogP contribution < -0.4 is 0 Å². The van der Waals surface area contributed by atoms with E-state index in [2.05, 4.69) is 69.4 Å². The monoisotopic (exact) mass is 855 g/mol. The van der Waals surface area contributed by atoms with Crippen LogP contribution in [-0.2, 0) is 28.6 Å². The lowest BCUT2D eigenvalue weighted by molar-refractivity contribution is -0.167. The first-order chi connectivity index (χ1) is 30.0. The molecule has 0 radical (unpaired) electrons. The van der Waals surface area contributed by atoms with Crippen LogP contribution in [0.3, 0.4) is 0 Å². The summed E-state index contributed by atoms with van der Waals surface area (Å²) in [7, 11) is 0. The molecule has 0 aliphatic carbocycles. The number of hydrogen-bond acceptors (Lipinski definition) is 6. The molecule has 1 atom stereocenters. The number of rotatable bonds is 47. The van der Waals surface area contributed by atoms with E-state index in [-0.39, 0.29) is 31.1 Å². The van der Waals surface area contributed by atoms with Crippen molar-refractivity contribution >= 4 is 17.9 Å². The van der Waals surface area contributed by atoms with E-state index < -0.39 is 6.10 Å². The van der Waals surface area contributed by atoms with Crippen molar-refractivity contribution < 1.29 is 28.6 Å². The minimum absolute atomic E-state index is 0.0814. The van der Waals surface area contributed by atoms with Crippen molar-refractivity contribution in [2.45, 2.75) is 271 Å². The van der Waals surface area contributed by atoms with Gasteiger partial charge >= 0.3 is 17.9 Å². The maximum absolute atomic E-state index is 12.8. The highest BCUT2D eigenvalue weighted by Gasteiger charge is 2.19. The Balaban J connectivity index is 4.40. The fourth-order valence-electron chi connectivity index (χ4n) is 7.33. The molecule has 0 fully saturated rings. The van der Waals surface area contributed by atoms with Gasteiger partial charge in [-0.25, -0.2) is 0 Å². The summed E-state index contributed by atoms with van der Waals surface area (Å²) < 4.78 is 16.8. The van der Waals surface area contributed by atoms with E-state index in [0.717, 1.165) is 96.3 Å². The second kappa shape index (κ2) is 50.0. The van der Waals surface area contributed by atoms with Gasteiger partial charge in [-0.1, -0.05) is 211 Å². The van der Waals surface area contributed by atoms with Gasteiger partial charge < -0.3 is 14.2 Å². The maximum Gasteiger partial charge on any atom is 0.306 e. The van der Waals surface area contributed by atoms with Crippen LogP contribution in [0.2, 0.25) is 0 Å². The molecule has 0 aromatic heterocycles. The molecule has 0 rings (SSSR count). The Morgan fingerprint density at radius 3 is 0.984 bits per heavy atom. The van der Waals surface area contributed by atoms with Crippen molar-refractivity contribution in [1.29, 1.82) is 0 Å². The zero-order chi connectivity index (χ0) is 44.4. The quantitative estimate of drug-likeness (QED) is 0.0263. The van der Waals surface area contributed by atoms with Gasteiger partial charge in [0, 0.05) is 19.3 Å². The Bertz CT molecular complexity index is 1070. The smallest absolute Gasteiger partial charge is 0.306 e. The zero-order valence-corrected chi connectivity index (χ0v) is 40.4. The van der Waals surface area contributed by atoms with Crippen molar-refractivity contribution in [3.63, 3.8) is 0 Å². The van der Waals surface area contributed by atoms with Crippen LogP contribution in [0.25, 0.3) is 0 Å². The first-order valence-corrected chi connectivity index (χ1v) is 26.1. The minimum Gasteiger partial charge on any atom is -0.462 e. The molecule has 0 amide bonds. The Morgan fingerprint density at radius 2 is 0.590 bits per heavy atom. The summed E-state index contributed by atoms with van der Waals surface area (Å²) in [5.74, 6) is -0.905. The van der Waals surface area contributed by atoms with E-state index in [0.29, 0.717) is 19.3 Å². The fraction of sp³-hybridized carbons (Fsp3) is 0.800. The predicted octanol–water partition coefficient (Wildman–Crippen LogP) is 17.1. The second-order valence-electron chi connectivity index (χ2n) is 17.4. The third-order valence-corrected chi connectivity index (χ3v) is 11.3. The van der Waals surface area contributed by atoms with E-state index in [1.165, 1.54) is 128 Å². The summed E-state index contributed by atoms with van der Waals surface area (Å²) in [4.78, 5) is 38.0. The van der Waals surface area contributed by atoms with Crippen molar-refractivity contribution in [1.82, 2.24) is 0 Å². The third kappa shape index (κ3) is 48.3. The lowest BCUT2D eigenvalue weighted by atomic mass is 10.0. The average molecular weight is 855 g/mol. The number of carbonyl (C=O) groups is 3. The Labute approximate surface area is 378 Å². The first kappa shape index (κ1) is 58.4. The van der Waals surface area contributed by atoms with E-state index in [1.54, 1.807) is 0 Å². The average Bonchev–Trinajstić information content (AvgIpc) is 3.26. The molecule has 0 bridgehead atoms. The molecule has 0 unspecified atom stereocenters. The van der Waals surface area contributed by atoms with Gasteiger partial charge in [-0.05, 0) is 83.5 Å². The molecule has 0 aromatic rings. The summed E-state index contributed by atoms with van der Waals surface area (Å²) in [5, 5.41) is 0. The lowest BCUT2D eigenvalue weighted by Gasteiger charge is -2.18. The van der Waals surface area contributed by atoms with Gasteiger partial charge in [0.05, 0.1) is 0 Å². The van der Waals surface area contributed by atoms with Gasteiger partial charge in [-0.3, -0.25) is 14.4 Å². The van der Waals surface area contributed by atoms with Crippen LogP contribution in [0.4, 0.5) is 0 Å². The highest BCUT2D eigenvalue weighted by Crippen LogP contribution is 2.15. The summed E-state index contributed by atoms with van der Waals surface area (Å²) in [6.45, 7) is 6.58. The molecule has 0 aliphatic rings. The van der Waals surface area contributed by atoms with Gasteiger partial charge in [0.25, 0.3) is 0 Å². The van der Waals surface area contributed by atoms with Gasteiger partial charge in [0.2, 0.25) is 0 Å². The summed E-state index contributed by atoms with van der Waals surface area (Å²) in [6.07, 6.45) is 59.4. The van der Waals surface area contributed by atoms with Crippen molar-refractivity contribution in [2.24, 2.45) is 0 Å². The molecule has 0 aliphatic heterocycles. The van der Waals surface area contributed by atoms with E-state index in [1.807, 2.05) is 0 Å². The molecule has 0 N–H and O–H groups in total. The highest BCUT2D eigenvalue weighted by atomic mass is 16.6. The van der Waals surface area contributed by atoms with E-state index in [9.17, 15) is 14.4 Å². The fourth-order valence-corrected chi connectivity index (χ4v) is 7.33. The molecular formula is C55H98O6. The van der Waals surface area contributed by atoms with Crippen LogP contribution in [0.5, 0.6) is 0 Å². The molecule has 61 heavy (non-hydrogen) atoms. The predicted molar refractivity (Wildman–Crippen MR) is 261 cm³/mol. The van der Waals surface area contributed by atoms with Crippen LogP contribution in [-0.4, -0.2) is 37.2 Å². The largest absolute Gasteiger partial charge is 0.462 e. The minimum atomic E-state index is -0.783. The molecule has 0 saturated carbocycles.